The Morgan fingerprint density at radius 2 is 2.10 bits per heavy atom. The second kappa shape index (κ2) is 7.23. The molecule has 5 rings (SSSR count). The SMILES string of the molecule is C[C@@H]1CCN(c2c(-c3ccnc(C#N)c3)cncc2-c2nc3c(F)cccc3[nH]2)C1. The number of hydrogen-bond donors (Lipinski definition) is 1. The molecule has 0 unspecified atom stereocenters. The number of aromatic nitrogens is 4. The standard InChI is InChI=1S/C23H19FN6/c1-14-6-8-30(13-14)22-17(15-5-7-27-16(9-15)10-25)11-26-12-18(22)23-28-20-4-2-3-19(24)21(20)29-23/h2-5,7,9,11-12,14H,6,8,13H2,1H3,(H,28,29)/t14-/m1/s1. The van der Waals surface area contributed by atoms with Crippen LogP contribution in [0, 0.1) is 23.1 Å². The number of para-hydroxylation sites is 1. The molecule has 4 aromatic rings. The quantitative estimate of drug-likeness (QED) is 0.548. The molecule has 4 heterocycles. The van der Waals surface area contributed by atoms with E-state index in [0.29, 0.717) is 28.5 Å². The van der Waals surface area contributed by atoms with Gasteiger partial charge >= 0.3 is 0 Å². The fourth-order valence-corrected chi connectivity index (χ4v) is 4.10. The molecule has 0 bridgehead atoms. The van der Waals surface area contributed by atoms with E-state index in [1.165, 1.54) is 6.07 Å². The van der Waals surface area contributed by atoms with E-state index in [1.807, 2.05) is 18.3 Å². The number of pyridine rings is 2. The lowest BCUT2D eigenvalue weighted by Gasteiger charge is -2.24. The zero-order valence-corrected chi connectivity index (χ0v) is 16.4. The van der Waals surface area contributed by atoms with Crippen LogP contribution in [0.4, 0.5) is 10.1 Å². The molecule has 0 aliphatic carbocycles. The van der Waals surface area contributed by atoms with Crippen LogP contribution in [0.1, 0.15) is 19.0 Å². The number of nitrogens with one attached hydrogen (secondary N) is 1. The minimum absolute atomic E-state index is 0.314. The highest BCUT2D eigenvalue weighted by Crippen LogP contribution is 2.40. The van der Waals surface area contributed by atoms with Gasteiger partial charge in [-0.15, -0.1) is 0 Å². The van der Waals surface area contributed by atoms with Gasteiger partial charge in [-0.05, 0) is 42.2 Å². The Balaban J connectivity index is 1.74. The summed E-state index contributed by atoms with van der Waals surface area (Å²) in [7, 11) is 0. The van der Waals surface area contributed by atoms with Crippen LogP contribution < -0.4 is 4.90 Å². The lowest BCUT2D eigenvalue weighted by molar-refractivity contribution is 0.637. The van der Waals surface area contributed by atoms with Crippen molar-refractivity contribution in [3.63, 3.8) is 0 Å². The van der Waals surface area contributed by atoms with Crippen LogP contribution in [0.3, 0.4) is 0 Å². The number of imidazole rings is 1. The third-order valence-electron chi connectivity index (χ3n) is 5.56. The number of H-pyrrole nitrogens is 1. The van der Waals surface area contributed by atoms with Crippen LogP contribution in [0.2, 0.25) is 0 Å². The van der Waals surface area contributed by atoms with Crippen LogP contribution in [-0.2, 0) is 0 Å². The van der Waals surface area contributed by atoms with Gasteiger partial charge < -0.3 is 9.88 Å². The summed E-state index contributed by atoms with van der Waals surface area (Å²) < 4.78 is 14.2. The molecule has 1 fully saturated rings. The molecule has 1 aliphatic heterocycles. The van der Waals surface area contributed by atoms with Crippen molar-refractivity contribution in [2.75, 3.05) is 18.0 Å². The van der Waals surface area contributed by atoms with Gasteiger partial charge in [0.2, 0.25) is 0 Å². The molecular weight excluding hydrogens is 379 g/mol. The molecule has 0 radical (unpaired) electrons. The van der Waals surface area contributed by atoms with Crippen molar-refractivity contribution >= 4 is 16.7 Å². The summed E-state index contributed by atoms with van der Waals surface area (Å²) in [5, 5.41) is 9.27. The number of anilines is 1. The summed E-state index contributed by atoms with van der Waals surface area (Å²) >= 11 is 0. The Labute approximate surface area is 173 Å². The summed E-state index contributed by atoms with van der Waals surface area (Å²) in [5.41, 5.74) is 4.89. The van der Waals surface area contributed by atoms with Gasteiger partial charge in [0.15, 0.2) is 5.82 Å². The minimum Gasteiger partial charge on any atom is -0.370 e. The summed E-state index contributed by atoms with van der Waals surface area (Å²) in [4.78, 5) is 18.7. The largest absolute Gasteiger partial charge is 0.370 e. The topological polar surface area (TPSA) is 81.5 Å². The maximum Gasteiger partial charge on any atom is 0.151 e. The van der Waals surface area contributed by atoms with E-state index in [2.05, 4.69) is 37.8 Å². The molecule has 1 aliphatic rings. The molecule has 1 aromatic carbocycles. The third-order valence-corrected chi connectivity index (χ3v) is 5.56. The van der Waals surface area contributed by atoms with E-state index in [-0.39, 0.29) is 5.82 Å². The Bertz CT molecular complexity index is 1290. The first kappa shape index (κ1) is 18.3. The van der Waals surface area contributed by atoms with Gasteiger partial charge in [0.25, 0.3) is 0 Å². The Morgan fingerprint density at radius 3 is 2.87 bits per heavy atom. The first-order valence-corrected chi connectivity index (χ1v) is 9.88. The van der Waals surface area contributed by atoms with Gasteiger partial charge in [0.1, 0.15) is 23.1 Å². The molecule has 148 valence electrons. The van der Waals surface area contributed by atoms with Crippen molar-refractivity contribution in [3.05, 3.63) is 60.4 Å². The summed E-state index contributed by atoms with van der Waals surface area (Å²) in [6.45, 7) is 4.06. The molecule has 1 N–H and O–H groups in total. The highest BCUT2D eigenvalue weighted by Gasteiger charge is 2.26. The second-order valence-corrected chi connectivity index (χ2v) is 7.69. The van der Waals surface area contributed by atoms with Crippen molar-refractivity contribution in [3.8, 4) is 28.6 Å². The normalized spacial score (nSPS) is 16.2. The molecule has 0 spiro atoms. The van der Waals surface area contributed by atoms with Crippen molar-refractivity contribution in [2.24, 2.45) is 5.92 Å². The minimum atomic E-state index is -0.358. The van der Waals surface area contributed by atoms with Crippen molar-refractivity contribution in [1.82, 2.24) is 19.9 Å². The maximum atomic E-state index is 14.2. The summed E-state index contributed by atoms with van der Waals surface area (Å²) in [6.07, 6.45) is 6.30. The number of benzene rings is 1. The van der Waals surface area contributed by atoms with Crippen LogP contribution >= 0.6 is 0 Å². The second-order valence-electron chi connectivity index (χ2n) is 7.69. The van der Waals surface area contributed by atoms with Gasteiger partial charge in [0.05, 0.1) is 16.8 Å². The predicted octanol–water partition coefficient (Wildman–Crippen LogP) is 4.54. The van der Waals surface area contributed by atoms with E-state index in [0.717, 1.165) is 41.9 Å². The lowest BCUT2D eigenvalue weighted by Crippen LogP contribution is -2.21. The van der Waals surface area contributed by atoms with Crippen LogP contribution in [0.5, 0.6) is 0 Å². The predicted molar refractivity (Wildman–Crippen MR) is 113 cm³/mol. The highest BCUT2D eigenvalue weighted by molar-refractivity contribution is 5.91. The van der Waals surface area contributed by atoms with E-state index < -0.39 is 0 Å². The van der Waals surface area contributed by atoms with Gasteiger partial charge in [0, 0.05) is 37.2 Å². The molecule has 30 heavy (non-hydrogen) atoms. The monoisotopic (exact) mass is 398 g/mol. The maximum absolute atomic E-state index is 14.2. The molecule has 7 heteroatoms. The average Bonchev–Trinajstić information content (AvgIpc) is 3.40. The molecule has 1 saturated heterocycles. The molecule has 0 amide bonds. The number of hydrogen-bond acceptors (Lipinski definition) is 5. The summed E-state index contributed by atoms with van der Waals surface area (Å²) in [5.74, 6) is 0.788. The summed E-state index contributed by atoms with van der Waals surface area (Å²) in [6, 6.07) is 10.6. The number of aromatic amines is 1. The van der Waals surface area contributed by atoms with Crippen LogP contribution in [0.25, 0.3) is 33.5 Å². The van der Waals surface area contributed by atoms with Gasteiger partial charge in [-0.2, -0.15) is 5.26 Å². The number of nitrogens with zero attached hydrogens (tertiary/aromatic N) is 5. The van der Waals surface area contributed by atoms with E-state index in [9.17, 15) is 9.65 Å². The fraction of sp³-hybridized carbons (Fsp3) is 0.217. The zero-order chi connectivity index (χ0) is 20.7. The van der Waals surface area contributed by atoms with Gasteiger partial charge in [-0.3, -0.25) is 4.98 Å². The van der Waals surface area contributed by atoms with Gasteiger partial charge in [-0.1, -0.05) is 13.0 Å². The van der Waals surface area contributed by atoms with Crippen molar-refractivity contribution < 1.29 is 4.39 Å². The molecule has 0 saturated carbocycles. The number of halogens is 1. The number of nitriles is 1. The van der Waals surface area contributed by atoms with E-state index >= 15 is 0 Å². The van der Waals surface area contributed by atoms with Crippen LogP contribution in [0.15, 0.2) is 48.9 Å². The van der Waals surface area contributed by atoms with Crippen LogP contribution in [-0.4, -0.2) is 33.0 Å². The van der Waals surface area contributed by atoms with E-state index in [1.54, 1.807) is 24.5 Å². The number of fused-ring (bicyclic) bond motifs is 1. The molecule has 3 aromatic heterocycles. The lowest BCUT2D eigenvalue weighted by atomic mass is 10.0. The smallest absolute Gasteiger partial charge is 0.151 e. The average molecular weight is 398 g/mol. The highest BCUT2D eigenvalue weighted by atomic mass is 19.1. The van der Waals surface area contributed by atoms with E-state index in [4.69, 9.17) is 0 Å². The Kier molecular flexibility index (Phi) is 4.40. The first-order valence-electron chi connectivity index (χ1n) is 9.88. The molecule has 1 atom stereocenters. The zero-order valence-electron chi connectivity index (χ0n) is 16.4. The van der Waals surface area contributed by atoms with Crippen molar-refractivity contribution in [1.29, 1.82) is 5.26 Å². The molecular formula is C23H19FN6. The van der Waals surface area contributed by atoms with Crippen molar-refractivity contribution in [2.45, 2.75) is 13.3 Å². The molecule has 6 nitrogen and oxygen atoms in total. The first-order chi connectivity index (χ1) is 14.6. The third kappa shape index (κ3) is 3.07. The number of rotatable bonds is 3. The fourth-order valence-electron chi connectivity index (χ4n) is 4.10. The Morgan fingerprint density at radius 1 is 1.23 bits per heavy atom. The Hall–Kier alpha value is -3.79. The van der Waals surface area contributed by atoms with Gasteiger partial charge in [-0.25, -0.2) is 14.4 Å².